The van der Waals surface area contributed by atoms with Crippen molar-refractivity contribution in [3.05, 3.63) is 279 Å². The van der Waals surface area contributed by atoms with Crippen LogP contribution in [0.5, 0.6) is 0 Å². The van der Waals surface area contributed by atoms with Gasteiger partial charge in [0.2, 0.25) is 0 Å². The smallest absolute Gasteiger partial charge is 0.143 e. The van der Waals surface area contributed by atoms with Crippen LogP contribution in [-0.2, 0) is 0 Å². The van der Waals surface area contributed by atoms with E-state index in [2.05, 4.69) is 276 Å². The summed E-state index contributed by atoms with van der Waals surface area (Å²) in [7, 11) is 0. The Labute approximate surface area is 423 Å². The van der Waals surface area contributed by atoms with E-state index in [1.807, 2.05) is 12.1 Å². The van der Waals surface area contributed by atoms with Gasteiger partial charge in [-0.2, -0.15) is 0 Å². The van der Waals surface area contributed by atoms with Gasteiger partial charge in [-0.05, 0) is 116 Å². The first-order valence-corrected chi connectivity index (χ1v) is 25.0. The van der Waals surface area contributed by atoms with E-state index in [0.29, 0.717) is 0 Å². The van der Waals surface area contributed by atoms with Gasteiger partial charge in [0.05, 0.1) is 16.7 Å². The zero-order valence-electron chi connectivity index (χ0n) is 39.9. The van der Waals surface area contributed by atoms with Crippen LogP contribution in [0.1, 0.15) is 0 Å². The number of para-hydroxylation sites is 4. The van der Waals surface area contributed by atoms with Gasteiger partial charge in [0.1, 0.15) is 11.2 Å². The molecule has 73 heavy (non-hydrogen) atoms. The number of hydrogen-bond acceptors (Lipinski definition) is 2. The average molecular weight is 931 g/mol. The minimum absolute atomic E-state index is 0.908. The number of furan rings is 1. The highest BCUT2D eigenvalue weighted by Gasteiger charge is 2.19. The molecule has 2 heterocycles. The monoisotopic (exact) mass is 930 g/mol. The predicted octanol–water partition coefficient (Wildman–Crippen LogP) is 19.6. The highest BCUT2D eigenvalue weighted by atomic mass is 16.3. The maximum atomic E-state index is 6.40. The molecule has 12 aromatic carbocycles. The molecule has 342 valence electrons. The molecule has 14 aromatic rings. The van der Waals surface area contributed by atoms with Gasteiger partial charge < -0.3 is 13.9 Å². The van der Waals surface area contributed by atoms with Crippen molar-refractivity contribution in [2.45, 2.75) is 0 Å². The van der Waals surface area contributed by atoms with Crippen LogP contribution in [0.4, 0.5) is 17.1 Å². The number of rotatable bonds is 9. The van der Waals surface area contributed by atoms with Crippen LogP contribution in [0.2, 0.25) is 0 Å². The summed E-state index contributed by atoms with van der Waals surface area (Å²) in [6.45, 7) is 0. The van der Waals surface area contributed by atoms with Crippen molar-refractivity contribution in [1.29, 1.82) is 0 Å². The van der Waals surface area contributed by atoms with Gasteiger partial charge >= 0.3 is 0 Å². The number of aromatic nitrogens is 1. The van der Waals surface area contributed by atoms with E-state index >= 15 is 0 Å². The van der Waals surface area contributed by atoms with Crippen LogP contribution >= 0.6 is 0 Å². The summed E-state index contributed by atoms with van der Waals surface area (Å²) in [6, 6.07) is 101. The standard InChI is InChI=1S/C70H46N2O/c1-2-14-47(15-3-1)54-38-45-60(68(46-54)72-66-25-9-6-19-62(66)63-20-7-10-26-67(63)72)52-36-43-57(44-37-52)71(56-41-34-51(35-42-56)59-22-12-17-50-16-4-5-18-58(50)59)55-39-32-49(33-40-55)48-28-30-53(31-29-48)61-23-13-24-65-64-21-8-11-27-69(64)73-70(61)65/h1-46H. The molecule has 0 aliphatic heterocycles. The van der Waals surface area contributed by atoms with E-state index in [1.54, 1.807) is 0 Å². The van der Waals surface area contributed by atoms with Gasteiger partial charge in [-0.15, -0.1) is 0 Å². The summed E-state index contributed by atoms with van der Waals surface area (Å²) in [6.07, 6.45) is 0. The Bertz CT molecular complexity index is 4280. The molecule has 0 unspecified atom stereocenters. The summed E-state index contributed by atoms with van der Waals surface area (Å²) in [4.78, 5) is 2.36. The lowest BCUT2D eigenvalue weighted by atomic mass is 9.97. The molecule has 0 aliphatic carbocycles. The summed E-state index contributed by atoms with van der Waals surface area (Å²) in [5.41, 5.74) is 20.1. The van der Waals surface area contributed by atoms with Crippen LogP contribution in [0.25, 0.3) is 116 Å². The molecule has 0 saturated carbocycles. The molecule has 3 nitrogen and oxygen atoms in total. The van der Waals surface area contributed by atoms with Crippen LogP contribution in [0, 0.1) is 0 Å². The molecule has 14 rings (SSSR count). The Balaban J connectivity index is 0.851. The van der Waals surface area contributed by atoms with Crippen molar-refractivity contribution in [3.63, 3.8) is 0 Å². The number of anilines is 3. The number of fused-ring (bicyclic) bond motifs is 7. The fraction of sp³-hybridized carbons (Fsp3) is 0. The first-order chi connectivity index (χ1) is 36.2. The van der Waals surface area contributed by atoms with E-state index in [-0.39, 0.29) is 0 Å². The zero-order chi connectivity index (χ0) is 48.2. The Kier molecular flexibility index (Phi) is 10.2. The Morgan fingerprint density at radius 2 is 0.712 bits per heavy atom. The molecule has 0 saturated heterocycles. The summed E-state index contributed by atoms with van der Waals surface area (Å²) in [5.74, 6) is 0. The zero-order valence-corrected chi connectivity index (χ0v) is 39.9. The van der Waals surface area contributed by atoms with Gasteiger partial charge in [0, 0.05) is 49.7 Å². The van der Waals surface area contributed by atoms with Crippen molar-refractivity contribution in [2.75, 3.05) is 4.90 Å². The molecule has 2 aromatic heterocycles. The molecule has 0 bridgehead atoms. The lowest BCUT2D eigenvalue weighted by Crippen LogP contribution is -2.10. The van der Waals surface area contributed by atoms with Crippen LogP contribution in [0.3, 0.4) is 0 Å². The van der Waals surface area contributed by atoms with Crippen molar-refractivity contribution in [1.82, 2.24) is 4.57 Å². The molecule has 0 spiro atoms. The molecule has 0 fully saturated rings. The first kappa shape index (κ1) is 42.2. The normalized spacial score (nSPS) is 11.6. The molecule has 0 N–H and O–H groups in total. The lowest BCUT2D eigenvalue weighted by Gasteiger charge is -2.26. The second kappa shape index (κ2) is 17.6. The topological polar surface area (TPSA) is 21.3 Å². The largest absolute Gasteiger partial charge is 0.455 e. The van der Waals surface area contributed by atoms with Gasteiger partial charge in [0.15, 0.2) is 0 Å². The molecule has 0 atom stereocenters. The molecular formula is C70H46N2O. The summed E-state index contributed by atoms with van der Waals surface area (Å²) >= 11 is 0. The van der Waals surface area contributed by atoms with Crippen molar-refractivity contribution in [2.24, 2.45) is 0 Å². The maximum Gasteiger partial charge on any atom is 0.143 e. The van der Waals surface area contributed by atoms with Crippen LogP contribution in [-0.4, -0.2) is 4.57 Å². The SMILES string of the molecule is c1ccc(-c2ccc(-c3ccc(N(c4ccc(-c5ccc(-c6cccc7c6oc6ccccc67)cc5)cc4)c4ccc(-c5cccc6ccccc56)cc4)cc3)c(-n3c4ccccc4c4ccccc43)c2)cc1. The fourth-order valence-electron chi connectivity index (χ4n) is 11.1. The van der Waals surface area contributed by atoms with Gasteiger partial charge in [-0.3, -0.25) is 0 Å². The van der Waals surface area contributed by atoms with Crippen molar-refractivity contribution < 1.29 is 4.42 Å². The van der Waals surface area contributed by atoms with E-state index in [1.165, 1.54) is 54.8 Å². The third-order valence-electron chi connectivity index (χ3n) is 14.6. The minimum Gasteiger partial charge on any atom is -0.455 e. The fourth-order valence-corrected chi connectivity index (χ4v) is 11.1. The van der Waals surface area contributed by atoms with Crippen molar-refractivity contribution in [3.8, 4) is 61.3 Å². The van der Waals surface area contributed by atoms with Crippen molar-refractivity contribution >= 4 is 71.6 Å². The second-order valence-corrected chi connectivity index (χ2v) is 18.8. The molecule has 0 radical (unpaired) electrons. The quantitative estimate of drug-likeness (QED) is 0.144. The summed E-state index contributed by atoms with van der Waals surface area (Å²) < 4.78 is 8.84. The molecular weight excluding hydrogens is 885 g/mol. The molecule has 3 heteroatoms. The van der Waals surface area contributed by atoms with Crippen LogP contribution < -0.4 is 4.90 Å². The lowest BCUT2D eigenvalue weighted by molar-refractivity contribution is 0.670. The molecule has 0 amide bonds. The summed E-state index contributed by atoms with van der Waals surface area (Å²) in [5, 5.41) is 7.24. The average Bonchev–Trinajstić information content (AvgIpc) is 4.02. The first-order valence-electron chi connectivity index (χ1n) is 25.0. The predicted molar refractivity (Wildman–Crippen MR) is 307 cm³/mol. The third kappa shape index (κ3) is 7.37. The van der Waals surface area contributed by atoms with E-state index < -0.39 is 0 Å². The van der Waals surface area contributed by atoms with E-state index in [4.69, 9.17) is 4.42 Å². The Morgan fingerprint density at radius 1 is 0.274 bits per heavy atom. The van der Waals surface area contributed by atoms with Gasteiger partial charge in [0.25, 0.3) is 0 Å². The highest BCUT2D eigenvalue weighted by Crippen LogP contribution is 2.43. The van der Waals surface area contributed by atoms with Crippen LogP contribution in [0.15, 0.2) is 283 Å². The van der Waals surface area contributed by atoms with Gasteiger partial charge in [-0.25, -0.2) is 0 Å². The minimum atomic E-state index is 0.908. The second-order valence-electron chi connectivity index (χ2n) is 18.8. The molecule has 0 aliphatic rings. The third-order valence-corrected chi connectivity index (χ3v) is 14.6. The van der Waals surface area contributed by atoms with E-state index in [9.17, 15) is 0 Å². The highest BCUT2D eigenvalue weighted by molar-refractivity contribution is 6.11. The Morgan fingerprint density at radius 3 is 1.38 bits per heavy atom. The maximum absolute atomic E-state index is 6.40. The van der Waals surface area contributed by atoms with E-state index in [0.717, 1.165) is 78.1 Å². The van der Waals surface area contributed by atoms with Gasteiger partial charge in [-0.1, -0.05) is 218 Å². The Hall–Kier alpha value is -9.70. The number of benzene rings is 12. The number of nitrogens with zero attached hydrogens (tertiary/aromatic N) is 2. The number of hydrogen-bond donors (Lipinski definition) is 0.